The fraction of sp³-hybridized carbons (Fsp3) is 0.308. The molecular weight excluding hydrogens is 252 g/mol. The molecule has 4 nitrogen and oxygen atoms in total. The summed E-state index contributed by atoms with van der Waals surface area (Å²) in [5.74, 6) is 0.779. The lowest BCUT2D eigenvalue weighted by Gasteiger charge is -2.10. The molecule has 1 N–H and O–H groups in total. The number of aromatic nitrogens is 2. The van der Waals surface area contributed by atoms with Crippen LogP contribution in [0.4, 0.5) is 0 Å². The van der Waals surface area contributed by atoms with Crippen molar-refractivity contribution in [2.24, 2.45) is 7.05 Å². The minimum Gasteiger partial charge on any atom is -0.487 e. The van der Waals surface area contributed by atoms with Gasteiger partial charge in [-0.2, -0.15) is 0 Å². The zero-order valence-electron chi connectivity index (χ0n) is 10.6. The number of ether oxygens (including phenoxy) is 1. The molecule has 1 heterocycles. The highest BCUT2D eigenvalue weighted by atomic mass is 35.5. The van der Waals surface area contributed by atoms with E-state index in [1.807, 2.05) is 26.0 Å². The molecule has 0 amide bonds. The summed E-state index contributed by atoms with van der Waals surface area (Å²) in [5.41, 5.74) is 2.62. The van der Waals surface area contributed by atoms with Gasteiger partial charge in [-0.05, 0) is 37.1 Å². The third-order valence-corrected chi connectivity index (χ3v) is 3.19. The van der Waals surface area contributed by atoms with Gasteiger partial charge in [0.1, 0.15) is 12.4 Å². The number of aryl methyl sites for hydroxylation is 3. The third-order valence-electron chi connectivity index (χ3n) is 2.78. The molecule has 0 aliphatic heterocycles. The maximum Gasteiger partial charge on any atom is 0.266 e. The Kier molecular flexibility index (Phi) is 3.48. The van der Waals surface area contributed by atoms with Crippen LogP contribution >= 0.6 is 11.6 Å². The first-order valence-corrected chi connectivity index (χ1v) is 5.99. The smallest absolute Gasteiger partial charge is 0.266 e. The summed E-state index contributed by atoms with van der Waals surface area (Å²) in [6, 6.07) is 5.30. The Labute approximate surface area is 110 Å². The van der Waals surface area contributed by atoms with Crippen LogP contribution in [0.1, 0.15) is 16.8 Å². The Balaban J connectivity index is 2.15. The summed E-state index contributed by atoms with van der Waals surface area (Å²) < 4.78 is 7.10. The molecule has 2 rings (SSSR count). The van der Waals surface area contributed by atoms with E-state index >= 15 is 0 Å². The van der Waals surface area contributed by atoms with Crippen LogP contribution in [0.15, 0.2) is 23.0 Å². The largest absolute Gasteiger partial charge is 0.487 e. The normalized spacial score (nSPS) is 10.7. The molecule has 96 valence electrons. The molecule has 0 fully saturated rings. The van der Waals surface area contributed by atoms with Gasteiger partial charge in [0.15, 0.2) is 0 Å². The summed E-state index contributed by atoms with van der Waals surface area (Å²) in [7, 11) is 1.67. The predicted molar refractivity (Wildman–Crippen MR) is 71.3 cm³/mol. The molecule has 0 atom stereocenters. The fourth-order valence-corrected chi connectivity index (χ4v) is 1.91. The lowest BCUT2D eigenvalue weighted by molar-refractivity contribution is 0.298. The van der Waals surface area contributed by atoms with Gasteiger partial charge < -0.3 is 4.74 Å². The van der Waals surface area contributed by atoms with Gasteiger partial charge in [-0.15, -0.1) is 0 Å². The summed E-state index contributed by atoms with van der Waals surface area (Å²) in [6.07, 6.45) is 0. The van der Waals surface area contributed by atoms with Gasteiger partial charge in [0, 0.05) is 18.1 Å². The highest BCUT2D eigenvalue weighted by Gasteiger charge is 2.06. The van der Waals surface area contributed by atoms with E-state index in [0.717, 1.165) is 27.6 Å². The van der Waals surface area contributed by atoms with Crippen molar-refractivity contribution in [1.29, 1.82) is 0 Å². The summed E-state index contributed by atoms with van der Waals surface area (Å²) in [5, 5.41) is 3.64. The van der Waals surface area contributed by atoms with E-state index in [4.69, 9.17) is 16.3 Å². The molecule has 18 heavy (non-hydrogen) atoms. The molecule has 0 radical (unpaired) electrons. The monoisotopic (exact) mass is 266 g/mol. The molecule has 0 unspecified atom stereocenters. The standard InChI is InChI=1S/C13H15ClN2O2/c1-8-5-12(9(2)4-11(8)14)18-7-10-6-13(17)16(3)15-10/h4-6,15H,7H2,1-3H3. The Morgan fingerprint density at radius 3 is 2.61 bits per heavy atom. The number of nitrogens with zero attached hydrogens (tertiary/aromatic N) is 1. The number of nitrogens with one attached hydrogen (secondary N) is 1. The topological polar surface area (TPSA) is 47.0 Å². The molecule has 1 aromatic carbocycles. The molecule has 0 bridgehead atoms. The van der Waals surface area contributed by atoms with E-state index in [2.05, 4.69) is 5.10 Å². The molecule has 0 aliphatic rings. The number of rotatable bonds is 3. The minimum absolute atomic E-state index is 0.0717. The van der Waals surface area contributed by atoms with Crippen molar-refractivity contribution in [3.05, 3.63) is 50.4 Å². The van der Waals surface area contributed by atoms with Gasteiger partial charge in [-0.25, -0.2) is 0 Å². The Morgan fingerprint density at radius 1 is 1.28 bits per heavy atom. The zero-order valence-corrected chi connectivity index (χ0v) is 11.3. The van der Waals surface area contributed by atoms with Gasteiger partial charge >= 0.3 is 0 Å². The maximum atomic E-state index is 11.3. The summed E-state index contributed by atoms with van der Waals surface area (Å²) in [6.45, 7) is 4.20. The van der Waals surface area contributed by atoms with Crippen LogP contribution in [0, 0.1) is 13.8 Å². The lowest BCUT2D eigenvalue weighted by atomic mass is 10.1. The first-order chi connectivity index (χ1) is 8.47. The summed E-state index contributed by atoms with van der Waals surface area (Å²) >= 11 is 6.02. The predicted octanol–water partition coefficient (Wildman–Crippen LogP) is 2.56. The van der Waals surface area contributed by atoms with Crippen molar-refractivity contribution < 1.29 is 4.74 Å². The van der Waals surface area contributed by atoms with E-state index < -0.39 is 0 Å². The molecule has 1 aromatic heterocycles. The van der Waals surface area contributed by atoms with Crippen molar-refractivity contribution in [3.63, 3.8) is 0 Å². The number of halogens is 1. The van der Waals surface area contributed by atoms with Crippen LogP contribution in [-0.4, -0.2) is 9.78 Å². The number of aromatic amines is 1. The Morgan fingerprint density at radius 2 is 2.00 bits per heavy atom. The Hall–Kier alpha value is -1.68. The van der Waals surface area contributed by atoms with Crippen molar-refractivity contribution in [2.75, 3.05) is 0 Å². The van der Waals surface area contributed by atoms with Crippen LogP contribution in [-0.2, 0) is 13.7 Å². The maximum absolute atomic E-state index is 11.3. The second-order valence-corrected chi connectivity index (χ2v) is 4.74. The molecular formula is C13H15ClN2O2. The number of H-pyrrole nitrogens is 1. The van der Waals surface area contributed by atoms with Crippen LogP contribution < -0.4 is 10.3 Å². The minimum atomic E-state index is -0.0717. The quantitative estimate of drug-likeness (QED) is 0.928. The highest BCUT2D eigenvalue weighted by molar-refractivity contribution is 6.31. The number of hydrogen-bond donors (Lipinski definition) is 1. The van der Waals surface area contributed by atoms with Gasteiger partial charge in [-0.3, -0.25) is 14.6 Å². The van der Waals surface area contributed by atoms with E-state index in [0.29, 0.717) is 6.61 Å². The Bertz CT molecular complexity index is 628. The van der Waals surface area contributed by atoms with Gasteiger partial charge in [0.2, 0.25) is 0 Å². The molecule has 5 heteroatoms. The second-order valence-electron chi connectivity index (χ2n) is 4.33. The molecule has 0 spiro atoms. The van der Waals surface area contributed by atoms with Gasteiger partial charge in [-0.1, -0.05) is 11.6 Å². The van der Waals surface area contributed by atoms with Gasteiger partial charge in [0.25, 0.3) is 5.56 Å². The van der Waals surface area contributed by atoms with Crippen LogP contribution in [0.3, 0.4) is 0 Å². The van der Waals surface area contributed by atoms with Crippen LogP contribution in [0.2, 0.25) is 5.02 Å². The van der Waals surface area contributed by atoms with Crippen molar-refractivity contribution in [2.45, 2.75) is 20.5 Å². The van der Waals surface area contributed by atoms with E-state index in [1.165, 1.54) is 10.7 Å². The lowest BCUT2D eigenvalue weighted by Crippen LogP contribution is -2.09. The number of hydrogen-bond acceptors (Lipinski definition) is 2. The second kappa shape index (κ2) is 4.90. The molecule has 0 saturated carbocycles. The first-order valence-electron chi connectivity index (χ1n) is 5.62. The van der Waals surface area contributed by atoms with Crippen molar-refractivity contribution in [1.82, 2.24) is 9.78 Å². The van der Waals surface area contributed by atoms with Crippen molar-refractivity contribution in [3.8, 4) is 5.75 Å². The highest BCUT2D eigenvalue weighted by Crippen LogP contribution is 2.26. The van der Waals surface area contributed by atoms with E-state index in [9.17, 15) is 4.79 Å². The first kappa shape index (κ1) is 12.8. The molecule has 0 aliphatic carbocycles. The van der Waals surface area contributed by atoms with E-state index in [-0.39, 0.29) is 5.56 Å². The van der Waals surface area contributed by atoms with E-state index in [1.54, 1.807) is 7.05 Å². The van der Waals surface area contributed by atoms with Crippen LogP contribution in [0.5, 0.6) is 5.75 Å². The van der Waals surface area contributed by atoms with Crippen molar-refractivity contribution >= 4 is 11.6 Å². The van der Waals surface area contributed by atoms with Crippen LogP contribution in [0.25, 0.3) is 0 Å². The molecule has 2 aromatic rings. The summed E-state index contributed by atoms with van der Waals surface area (Å²) in [4.78, 5) is 11.3. The van der Waals surface area contributed by atoms with Gasteiger partial charge in [0.05, 0.1) is 5.69 Å². The number of benzene rings is 1. The third kappa shape index (κ3) is 2.59. The average molecular weight is 267 g/mol. The zero-order chi connectivity index (χ0) is 13.3. The average Bonchev–Trinajstić information content (AvgIpc) is 2.62. The molecule has 0 saturated heterocycles. The fourth-order valence-electron chi connectivity index (χ4n) is 1.69. The SMILES string of the molecule is Cc1cc(OCc2cc(=O)n(C)[nH]2)c(C)cc1Cl.